The summed E-state index contributed by atoms with van der Waals surface area (Å²) >= 11 is 0. The molecule has 3 aromatic rings. The number of hydrogen-bond acceptors (Lipinski definition) is 8. The van der Waals surface area contributed by atoms with Crippen molar-refractivity contribution in [2.75, 3.05) is 37.5 Å². The zero-order chi connectivity index (χ0) is 24.2. The Balaban J connectivity index is 1.65. The number of nitrogens with zero attached hydrogens (tertiary/aromatic N) is 5. The third kappa shape index (κ3) is 4.91. The molecule has 0 bridgehead atoms. The molecule has 10 heteroatoms. The van der Waals surface area contributed by atoms with Crippen LogP contribution in [0.25, 0.3) is 10.9 Å². The molecule has 0 saturated carbocycles. The van der Waals surface area contributed by atoms with Crippen LogP contribution in [0.15, 0.2) is 42.7 Å². The van der Waals surface area contributed by atoms with Gasteiger partial charge in [0.05, 0.1) is 24.4 Å². The van der Waals surface area contributed by atoms with E-state index >= 15 is 0 Å². The summed E-state index contributed by atoms with van der Waals surface area (Å²) in [5.41, 5.74) is 7.14. The van der Waals surface area contributed by atoms with Crippen molar-refractivity contribution < 1.29 is 14.7 Å². The number of pyridine rings is 1. The molecule has 2 amide bonds. The molecule has 2 aromatic heterocycles. The fraction of sp³-hybridized carbons (Fsp3) is 0.375. The molecular weight excluding hydrogens is 434 g/mol. The largest absolute Gasteiger partial charge is 0.394 e. The number of rotatable bonds is 7. The van der Waals surface area contributed by atoms with Gasteiger partial charge in [-0.15, -0.1) is 0 Å². The van der Waals surface area contributed by atoms with Gasteiger partial charge in [-0.3, -0.25) is 14.6 Å². The van der Waals surface area contributed by atoms with Crippen LogP contribution in [0.2, 0.25) is 0 Å². The highest BCUT2D eigenvalue weighted by molar-refractivity contribution is 5.96. The van der Waals surface area contributed by atoms with Crippen LogP contribution in [0, 0.1) is 5.92 Å². The van der Waals surface area contributed by atoms with Crippen molar-refractivity contribution in [2.24, 2.45) is 11.7 Å². The number of carbonyl (C=O) groups excluding carboxylic acids is 2. The van der Waals surface area contributed by atoms with Gasteiger partial charge in [0.1, 0.15) is 5.82 Å². The Morgan fingerprint density at radius 2 is 2.09 bits per heavy atom. The van der Waals surface area contributed by atoms with Gasteiger partial charge in [0.15, 0.2) is 11.5 Å². The van der Waals surface area contributed by atoms with E-state index in [0.29, 0.717) is 24.5 Å². The maximum absolute atomic E-state index is 12.3. The molecule has 1 fully saturated rings. The number of aromatic nitrogens is 3. The average Bonchev–Trinajstić information content (AvgIpc) is 2.83. The number of amides is 2. The number of fused-ring (bicyclic) bond motifs is 1. The number of piperidine rings is 1. The predicted molar refractivity (Wildman–Crippen MR) is 130 cm³/mol. The Hall–Kier alpha value is -3.79. The molecule has 1 saturated heterocycles. The molecule has 0 unspecified atom stereocenters. The van der Waals surface area contributed by atoms with Crippen molar-refractivity contribution >= 4 is 40.0 Å². The lowest BCUT2D eigenvalue weighted by Gasteiger charge is -2.41. The first-order chi connectivity index (χ1) is 16.4. The van der Waals surface area contributed by atoms with Crippen LogP contribution < -0.4 is 16.0 Å². The van der Waals surface area contributed by atoms with Gasteiger partial charge in [-0.25, -0.2) is 9.97 Å². The second-order valence-corrected chi connectivity index (χ2v) is 8.66. The highest BCUT2D eigenvalue weighted by Gasteiger charge is 2.34. The van der Waals surface area contributed by atoms with E-state index in [2.05, 4.69) is 20.3 Å². The number of nitrogens with two attached hydrogens (primary N) is 1. The van der Waals surface area contributed by atoms with Gasteiger partial charge in [-0.05, 0) is 43.0 Å². The van der Waals surface area contributed by atoms with E-state index < -0.39 is 5.91 Å². The number of aliphatic hydroxyl groups excluding tert-OH is 1. The average molecular weight is 464 g/mol. The van der Waals surface area contributed by atoms with E-state index in [1.54, 1.807) is 25.2 Å². The number of carbonyl (C=O) groups is 2. The van der Waals surface area contributed by atoms with Crippen LogP contribution in [0.4, 0.5) is 17.3 Å². The van der Waals surface area contributed by atoms with Crippen LogP contribution in [-0.4, -0.2) is 70.1 Å². The topological polar surface area (TPSA) is 138 Å². The van der Waals surface area contributed by atoms with Crippen LogP contribution in [0.1, 0.15) is 29.8 Å². The zero-order valence-electron chi connectivity index (χ0n) is 19.3. The van der Waals surface area contributed by atoms with Crippen molar-refractivity contribution in [2.45, 2.75) is 25.3 Å². The molecule has 0 spiro atoms. The molecule has 0 aliphatic carbocycles. The number of primary amides is 1. The molecule has 34 heavy (non-hydrogen) atoms. The minimum Gasteiger partial charge on any atom is -0.394 e. The zero-order valence-corrected chi connectivity index (χ0v) is 19.3. The highest BCUT2D eigenvalue weighted by atomic mass is 16.3. The summed E-state index contributed by atoms with van der Waals surface area (Å²) in [6.45, 7) is 0.536. The maximum Gasteiger partial charge on any atom is 0.271 e. The number of nitrogens with one attached hydrogen (secondary N) is 1. The second-order valence-electron chi connectivity index (χ2n) is 8.66. The monoisotopic (exact) mass is 463 g/mol. The van der Waals surface area contributed by atoms with E-state index in [0.717, 1.165) is 23.7 Å². The second kappa shape index (κ2) is 10.0. The van der Waals surface area contributed by atoms with E-state index in [9.17, 15) is 14.7 Å². The molecule has 2 atom stereocenters. The maximum atomic E-state index is 12.3. The van der Waals surface area contributed by atoms with Crippen LogP contribution in [0.5, 0.6) is 0 Å². The summed E-state index contributed by atoms with van der Waals surface area (Å²) in [6.07, 6.45) is 5.25. The van der Waals surface area contributed by atoms with E-state index in [1.807, 2.05) is 35.2 Å². The van der Waals surface area contributed by atoms with E-state index in [1.165, 1.54) is 6.20 Å². The molecule has 3 heterocycles. The number of anilines is 3. The van der Waals surface area contributed by atoms with Crippen LogP contribution >= 0.6 is 0 Å². The standard InChI is InChI=1S/C24H29N7O3/c1-30(2)21(33)12-16-6-4-10-31(19(16)14-32)20-13-27-22(23(25)34)24(29-20)28-17-7-8-18-15(11-17)5-3-9-26-18/h3,5,7-9,11,13,16,19,32H,4,6,10,12,14H2,1-2H3,(H2,25,34)(H,28,29)/t16-,19+/m1/s1. The summed E-state index contributed by atoms with van der Waals surface area (Å²) in [4.78, 5) is 41.2. The molecule has 10 nitrogen and oxygen atoms in total. The van der Waals surface area contributed by atoms with Gasteiger partial charge in [0.2, 0.25) is 5.91 Å². The Kier molecular flexibility index (Phi) is 6.87. The predicted octanol–water partition coefficient (Wildman–Crippen LogP) is 1.92. The number of benzene rings is 1. The number of aliphatic hydroxyl groups is 1. The van der Waals surface area contributed by atoms with Gasteiger partial charge >= 0.3 is 0 Å². The van der Waals surface area contributed by atoms with Gasteiger partial charge in [0, 0.05) is 44.3 Å². The summed E-state index contributed by atoms with van der Waals surface area (Å²) in [5.74, 6) is 0.0486. The van der Waals surface area contributed by atoms with Crippen molar-refractivity contribution in [1.82, 2.24) is 19.9 Å². The van der Waals surface area contributed by atoms with Crippen molar-refractivity contribution in [3.05, 3.63) is 48.4 Å². The molecule has 4 N–H and O–H groups in total. The van der Waals surface area contributed by atoms with Gasteiger partial charge in [0.25, 0.3) is 5.91 Å². The lowest BCUT2D eigenvalue weighted by Crippen LogP contribution is -2.49. The summed E-state index contributed by atoms with van der Waals surface area (Å²) < 4.78 is 0. The van der Waals surface area contributed by atoms with Gasteiger partial charge in [-0.1, -0.05) is 6.07 Å². The quantitative estimate of drug-likeness (QED) is 0.483. The molecule has 1 aliphatic heterocycles. The van der Waals surface area contributed by atoms with E-state index in [4.69, 9.17) is 5.73 Å². The summed E-state index contributed by atoms with van der Waals surface area (Å²) in [5, 5.41) is 14.3. The molecule has 1 aliphatic rings. The van der Waals surface area contributed by atoms with Crippen molar-refractivity contribution in [1.29, 1.82) is 0 Å². The Morgan fingerprint density at radius 1 is 1.26 bits per heavy atom. The SMILES string of the molecule is CN(C)C(=O)C[C@H]1CCCN(c2cnc(C(N)=O)c(Nc3ccc4ncccc4c3)n2)[C@H]1CO. The van der Waals surface area contributed by atoms with Crippen molar-refractivity contribution in [3.63, 3.8) is 0 Å². The fourth-order valence-electron chi connectivity index (χ4n) is 4.39. The first kappa shape index (κ1) is 23.4. The lowest BCUT2D eigenvalue weighted by atomic mass is 9.86. The third-order valence-electron chi connectivity index (χ3n) is 6.19. The van der Waals surface area contributed by atoms with Gasteiger partial charge < -0.3 is 26.0 Å². The number of hydrogen-bond donors (Lipinski definition) is 3. The van der Waals surface area contributed by atoms with Gasteiger partial charge in [-0.2, -0.15) is 0 Å². The van der Waals surface area contributed by atoms with Crippen LogP contribution in [0.3, 0.4) is 0 Å². The molecule has 178 valence electrons. The summed E-state index contributed by atoms with van der Waals surface area (Å²) in [7, 11) is 3.46. The first-order valence-electron chi connectivity index (χ1n) is 11.2. The smallest absolute Gasteiger partial charge is 0.271 e. The summed E-state index contributed by atoms with van der Waals surface area (Å²) in [6, 6.07) is 9.13. The minimum atomic E-state index is -0.698. The first-order valence-corrected chi connectivity index (χ1v) is 11.2. The highest BCUT2D eigenvalue weighted by Crippen LogP contribution is 2.31. The Labute approximate surface area is 197 Å². The molecule has 4 rings (SSSR count). The third-order valence-corrected chi connectivity index (χ3v) is 6.19. The Morgan fingerprint density at radius 3 is 2.82 bits per heavy atom. The molecular formula is C24H29N7O3. The lowest BCUT2D eigenvalue weighted by molar-refractivity contribution is -0.130. The minimum absolute atomic E-state index is 0.0179. The van der Waals surface area contributed by atoms with Crippen molar-refractivity contribution in [3.8, 4) is 0 Å². The van der Waals surface area contributed by atoms with E-state index in [-0.39, 0.29) is 36.0 Å². The Bertz CT molecular complexity index is 1200. The fourth-order valence-corrected chi connectivity index (χ4v) is 4.39. The molecule has 0 radical (unpaired) electrons. The normalized spacial score (nSPS) is 18.0. The van der Waals surface area contributed by atoms with Crippen LogP contribution in [-0.2, 0) is 4.79 Å². The molecule has 1 aromatic carbocycles.